The van der Waals surface area contributed by atoms with Crippen molar-refractivity contribution >= 4 is 68.0 Å². The van der Waals surface area contributed by atoms with Crippen molar-refractivity contribution in [3.63, 3.8) is 0 Å². The number of carbonyl (C=O) groups is 4. The Labute approximate surface area is 462 Å². The van der Waals surface area contributed by atoms with E-state index in [1.54, 1.807) is 36.4 Å². The third-order valence-electron chi connectivity index (χ3n) is 13.1. The molecule has 2 aliphatic heterocycles. The van der Waals surface area contributed by atoms with Crippen LogP contribution in [0.3, 0.4) is 0 Å². The molecule has 10 aromatic rings. The first-order valence-electron chi connectivity index (χ1n) is 24.4. The van der Waals surface area contributed by atoms with Crippen LogP contribution in [0.1, 0.15) is 78.9 Å². The number of ether oxygens (including phenoxy) is 3. The molecule has 0 spiro atoms. The molecule has 0 saturated carbocycles. The number of aromatic carboxylic acids is 4. The summed E-state index contributed by atoms with van der Waals surface area (Å²) < 4.78 is 18.5. The number of benzene rings is 7. The Kier molecular flexibility index (Phi) is 13.1. The van der Waals surface area contributed by atoms with Gasteiger partial charge in [-0.15, -0.1) is 0 Å². The van der Waals surface area contributed by atoms with Gasteiger partial charge >= 0.3 is 40.9 Å². The van der Waals surface area contributed by atoms with E-state index in [4.69, 9.17) is 54.3 Å². The number of fused-ring (bicyclic) bond motifs is 20. The molecule has 12 rings (SSSR count). The van der Waals surface area contributed by atoms with Crippen molar-refractivity contribution in [3.8, 4) is 62.8 Å². The summed E-state index contributed by atoms with van der Waals surface area (Å²) in [5.74, 6) is -3.78. The standard InChI is InChI=1S/C59H41N9O11.Cu/c1-59(2,3)35-12-14-42-45(25-35)52-63-50(42)61-48-40-8-4-5-9-41(40)49(60-48)62-51-43-15-13-36(26-46(43)54(64-51)67-68-47-11-7-6-10-44(47)53(65-52)66-68)79-39-17-29(27-77-37-21-31(55(69)70)19-32(22-37)56(71)72)16-30(18-39)28-78-38-23-33(57(73)74)20-34(24-38)58(75)76;/h4-26H,27-28H2,1-3H3,(H5,60,61,62,63,64,65,66,67,69,70,71,72,73,74,75,76);/q;+2/p-1. The second-order valence-corrected chi connectivity index (χ2v) is 19.6. The van der Waals surface area contributed by atoms with E-state index >= 15 is 0 Å². The van der Waals surface area contributed by atoms with Gasteiger partial charge in [-0.25, -0.2) is 24.2 Å². The van der Waals surface area contributed by atoms with Crippen molar-refractivity contribution in [1.29, 1.82) is 0 Å². The van der Waals surface area contributed by atoms with E-state index < -0.39 is 23.9 Å². The molecular weight excluding hydrogens is 1070 g/mol. The fourth-order valence-electron chi connectivity index (χ4n) is 9.26. The van der Waals surface area contributed by atoms with E-state index in [0.717, 1.165) is 39.6 Å². The van der Waals surface area contributed by atoms with E-state index in [1.807, 2.05) is 54.6 Å². The van der Waals surface area contributed by atoms with Gasteiger partial charge in [0.05, 0.1) is 45.1 Å². The maximum Gasteiger partial charge on any atom is 2.00 e. The van der Waals surface area contributed by atoms with Crippen LogP contribution in [0.5, 0.6) is 23.0 Å². The summed E-state index contributed by atoms with van der Waals surface area (Å²) in [7, 11) is 0. The quantitative estimate of drug-likeness (QED) is 0.0653. The molecule has 4 N–H and O–H groups in total. The predicted molar refractivity (Wildman–Crippen MR) is 285 cm³/mol. The Balaban J connectivity index is 0.00000675. The molecule has 2 aliphatic rings. The van der Waals surface area contributed by atoms with Crippen molar-refractivity contribution in [2.24, 2.45) is 0 Å². The average molecular weight is 1110 g/mol. The number of carboxylic acid groups (broad SMARTS) is 4. The molecule has 397 valence electrons. The van der Waals surface area contributed by atoms with Crippen molar-refractivity contribution < 1.29 is 75.7 Å². The Morgan fingerprint density at radius 3 is 1.48 bits per heavy atom. The summed E-state index contributed by atoms with van der Waals surface area (Å²) in [4.78, 5) is 79.3. The number of hydrogen-bond donors (Lipinski definition) is 4. The van der Waals surface area contributed by atoms with Gasteiger partial charge < -0.3 is 59.6 Å². The molecule has 80 heavy (non-hydrogen) atoms. The first kappa shape index (κ1) is 51.7. The Morgan fingerprint density at radius 2 is 0.938 bits per heavy atom. The summed E-state index contributed by atoms with van der Waals surface area (Å²) in [5.41, 5.74) is 4.84. The zero-order chi connectivity index (χ0) is 54.9. The molecule has 0 atom stereocenters. The number of hydrogen-bond acceptors (Lipinski definition) is 13. The van der Waals surface area contributed by atoms with Crippen LogP contribution in [-0.2, 0) is 35.7 Å². The normalized spacial score (nSPS) is 11.6. The van der Waals surface area contributed by atoms with Gasteiger partial charge in [0.2, 0.25) is 0 Å². The predicted octanol–water partition coefficient (Wildman–Crippen LogP) is 9.78. The molecule has 0 aliphatic carbocycles. The zero-order valence-electron chi connectivity index (χ0n) is 42.2. The Bertz CT molecular complexity index is 4300. The topological polar surface area (TPSA) is 286 Å². The van der Waals surface area contributed by atoms with E-state index in [9.17, 15) is 39.6 Å². The SMILES string of the molecule is CC(C)(C)c1ccc2c3nc4nc(nc5[n-]c(n[n+]6nc(nc([n-]3)c2c1)-c1ccccc1-6)c1cc(Oc2cc(COc3cc(C(=O)O)cc(C(=O)O)c3)cc(COc3cc(C(=O)O)cc(C(=O)O)c3)c2)ccc51)-c1ccccc1-4.[Cu+2]. The van der Waals surface area contributed by atoms with Gasteiger partial charge in [-0.3, -0.25) is 0 Å². The minimum atomic E-state index is -1.35. The second-order valence-electron chi connectivity index (χ2n) is 19.6. The third-order valence-corrected chi connectivity index (χ3v) is 13.1. The monoisotopic (exact) mass is 1110 g/mol. The molecule has 5 heterocycles. The summed E-state index contributed by atoms with van der Waals surface area (Å²) in [6.07, 6.45) is 0. The molecule has 0 saturated heterocycles. The number of carboxylic acids is 4. The van der Waals surface area contributed by atoms with Crippen molar-refractivity contribution in [3.05, 3.63) is 178 Å². The molecule has 1 radical (unpaired) electrons. The molecule has 21 heteroatoms. The van der Waals surface area contributed by atoms with Gasteiger partial charge in [0.1, 0.15) is 36.2 Å². The van der Waals surface area contributed by atoms with Crippen molar-refractivity contribution in [1.82, 2.24) is 40.1 Å². The van der Waals surface area contributed by atoms with Gasteiger partial charge in [-0.1, -0.05) is 74.4 Å². The van der Waals surface area contributed by atoms with Crippen LogP contribution in [-0.4, -0.2) is 74.4 Å². The number of para-hydroxylation sites is 1. The third kappa shape index (κ3) is 9.96. The van der Waals surface area contributed by atoms with Gasteiger partial charge in [-0.2, -0.15) is 0 Å². The van der Waals surface area contributed by atoms with Crippen LogP contribution in [0.2, 0.25) is 0 Å². The van der Waals surface area contributed by atoms with Gasteiger partial charge in [0, 0.05) is 49.4 Å². The van der Waals surface area contributed by atoms with Crippen LogP contribution < -0.4 is 29.0 Å². The molecule has 0 amide bonds. The molecule has 3 aromatic heterocycles. The summed E-state index contributed by atoms with van der Waals surface area (Å²) in [6, 6.07) is 38.4. The molecule has 20 nitrogen and oxygen atoms in total. The molecule has 8 bridgehead atoms. The largest absolute Gasteiger partial charge is 2.00 e. The van der Waals surface area contributed by atoms with Gasteiger partial charge in [0.15, 0.2) is 5.82 Å². The maximum atomic E-state index is 11.9. The Hall–Kier alpha value is -10.4. The van der Waals surface area contributed by atoms with Crippen molar-refractivity contribution in [2.45, 2.75) is 39.4 Å². The fourth-order valence-corrected chi connectivity index (χ4v) is 9.26. The smallest absolute Gasteiger partial charge is 0.489 e. The van der Waals surface area contributed by atoms with Gasteiger partial charge in [0.25, 0.3) is 5.69 Å². The molecule has 0 fully saturated rings. The van der Waals surface area contributed by atoms with Gasteiger partial charge in [-0.05, 0) is 123 Å². The van der Waals surface area contributed by atoms with Crippen LogP contribution in [0, 0.1) is 0 Å². The van der Waals surface area contributed by atoms with E-state index in [2.05, 4.69) is 32.9 Å². The first-order chi connectivity index (χ1) is 38.0. The second kappa shape index (κ2) is 20.2. The first-order valence-corrected chi connectivity index (χ1v) is 24.4. The fraction of sp³-hybridized carbons (Fsp3) is 0.102. The summed E-state index contributed by atoms with van der Waals surface area (Å²) in [6.45, 7) is 6.00. The van der Waals surface area contributed by atoms with E-state index in [1.165, 1.54) is 29.1 Å². The van der Waals surface area contributed by atoms with E-state index in [0.29, 0.717) is 73.3 Å². The van der Waals surface area contributed by atoms with Crippen LogP contribution in [0.25, 0.3) is 84.0 Å². The minimum Gasteiger partial charge on any atom is -0.489 e. The van der Waals surface area contributed by atoms with Crippen molar-refractivity contribution in [2.75, 3.05) is 0 Å². The summed E-state index contributed by atoms with van der Waals surface area (Å²) >= 11 is 0. The van der Waals surface area contributed by atoms with E-state index in [-0.39, 0.29) is 80.8 Å². The number of rotatable bonds is 12. The maximum absolute atomic E-state index is 11.9. The van der Waals surface area contributed by atoms with Crippen LogP contribution in [0.15, 0.2) is 140 Å². The van der Waals surface area contributed by atoms with Crippen LogP contribution in [0.4, 0.5) is 0 Å². The summed E-state index contributed by atoms with van der Waals surface area (Å²) in [5, 5.41) is 51.4. The zero-order valence-corrected chi connectivity index (χ0v) is 43.1. The average Bonchev–Trinajstić information content (AvgIpc) is 4.24. The molecule has 7 aromatic carbocycles. The molecule has 0 unspecified atom stereocenters. The number of nitrogens with zero attached hydrogens (tertiary/aromatic N) is 9. The van der Waals surface area contributed by atoms with Crippen LogP contribution >= 0.6 is 0 Å². The minimum absolute atomic E-state index is 0. The molecular formula is C59H40CuN9O11+. The number of aromatic nitrogens is 9. The Morgan fingerprint density at radius 1 is 0.463 bits per heavy atom.